The van der Waals surface area contributed by atoms with Gasteiger partial charge in [-0.3, -0.25) is 9.59 Å². The van der Waals surface area contributed by atoms with Crippen LogP contribution < -0.4 is 10.6 Å². The minimum atomic E-state index is -0.133. The second kappa shape index (κ2) is 9.42. The van der Waals surface area contributed by atoms with Crippen LogP contribution in [0.4, 0.5) is 5.69 Å². The standard InChI is InChI=1S/C19H28N2O3/c1-14(2)20-18(22)12-15-8-10-16(11-9-15)21-19(23)13-24-17-6-4-3-5-7-17/h8-11,14,17H,3-7,12-13H2,1-2H3,(H,20,22)(H,21,23). The molecule has 1 aromatic rings. The van der Waals surface area contributed by atoms with Crippen molar-refractivity contribution in [3.63, 3.8) is 0 Å². The molecule has 0 atom stereocenters. The maximum Gasteiger partial charge on any atom is 0.250 e. The molecule has 0 heterocycles. The van der Waals surface area contributed by atoms with Gasteiger partial charge in [-0.05, 0) is 44.4 Å². The second-order valence-electron chi connectivity index (χ2n) is 6.72. The van der Waals surface area contributed by atoms with Gasteiger partial charge in [0.15, 0.2) is 0 Å². The molecule has 0 radical (unpaired) electrons. The molecule has 1 aromatic carbocycles. The fourth-order valence-corrected chi connectivity index (χ4v) is 2.89. The molecule has 2 rings (SSSR count). The summed E-state index contributed by atoms with van der Waals surface area (Å²) in [6.45, 7) is 3.97. The zero-order valence-electron chi connectivity index (χ0n) is 14.6. The summed E-state index contributed by atoms with van der Waals surface area (Å²) in [7, 11) is 0. The van der Waals surface area contributed by atoms with E-state index in [0.29, 0.717) is 6.42 Å². The lowest BCUT2D eigenvalue weighted by molar-refractivity contribution is -0.123. The van der Waals surface area contributed by atoms with Gasteiger partial charge in [0.1, 0.15) is 6.61 Å². The zero-order valence-corrected chi connectivity index (χ0v) is 14.6. The molecule has 0 unspecified atom stereocenters. The molecule has 24 heavy (non-hydrogen) atoms. The number of rotatable bonds is 7. The van der Waals surface area contributed by atoms with E-state index in [1.807, 2.05) is 38.1 Å². The van der Waals surface area contributed by atoms with E-state index in [9.17, 15) is 9.59 Å². The average Bonchev–Trinajstić information content (AvgIpc) is 2.55. The first-order chi connectivity index (χ1) is 11.5. The summed E-state index contributed by atoms with van der Waals surface area (Å²) < 4.78 is 5.67. The predicted molar refractivity (Wildman–Crippen MR) is 94.9 cm³/mol. The third-order valence-electron chi connectivity index (χ3n) is 4.05. The van der Waals surface area contributed by atoms with Gasteiger partial charge in [-0.2, -0.15) is 0 Å². The van der Waals surface area contributed by atoms with Crippen molar-refractivity contribution >= 4 is 17.5 Å². The summed E-state index contributed by atoms with van der Waals surface area (Å²) in [6.07, 6.45) is 6.34. The predicted octanol–water partition coefficient (Wildman–Crippen LogP) is 3.04. The van der Waals surface area contributed by atoms with Crippen molar-refractivity contribution in [2.75, 3.05) is 11.9 Å². The van der Waals surface area contributed by atoms with Crippen LogP contribution in [0.15, 0.2) is 24.3 Å². The van der Waals surface area contributed by atoms with Gasteiger partial charge >= 0.3 is 0 Å². The summed E-state index contributed by atoms with van der Waals surface area (Å²) in [5.41, 5.74) is 1.64. The monoisotopic (exact) mass is 332 g/mol. The molecule has 5 nitrogen and oxygen atoms in total. The van der Waals surface area contributed by atoms with Gasteiger partial charge in [-0.15, -0.1) is 0 Å². The van der Waals surface area contributed by atoms with Crippen molar-refractivity contribution in [1.82, 2.24) is 5.32 Å². The maximum absolute atomic E-state index is 11.9. The van der Waals surface area contributed by atoms with Crippen molar-refractivity contribution in [3.05, 3.63) is 29.8 Å². The van der Waals surface area contributed by atoms with Crippen LogP contribution in [0.3, 0.4) is 0 Å². The van der Waals surface area contributed by atoms with Gasteiger partial charge in [0.2, 0.25) is 11.8 Å². The summed E-state index contributed by atoms with van der Waals surface area (Å²) in [6, 6.07) is 7.49. The van der Waals surface area contributed by atoms with E-state index in [1.165, 1.54) is 19.3 Å². The summed E-state index contributed by atoms with van der Waals surface area (Å²) >= 11 is 0. The van der Waals surface area contributed by atoms with E-state index < -0.39 is 0 Å². The van der Waals surface area contributed by atoms with Gasteiger partial charge in [0, 0.05) is 11.7 Å². The molecule has 0 bridgehead atoms. The Morgan fingerprint density at radius 1 is 1.08 bits per heavy atom. The molecule has 5 heteroatoms. The van der Waals surface area contributed by atoms with Crippen LogP contribution >= 0.6 is 0 Å². The van der Waals surface area contributed by atoms with E-state index in [4.69, 9.17) is 4.74 Å². The number of hydrogen-bond donors (Lipinski definition) is 2. The number of amides is 2. The molecular formula is C19H28N2O3. The van der Waals surface area contributed by atoms with Crippen molar-refractivity contribution in [1.29, 1.82) is 0 Å². The summed E-state index contributed by atoms with van der Waals surface area (Å²) in [5, 5.41) is 5.69. The Hall–Kier alpha value is -1.88. The Morgan fingerprint density at radius 3 is 2.38 bits per heavy atom. The second-order valence-corrected chi connectivity index (χ2v) is 6.72. The van der Waals surface area contributed by atoms with Crippen molar-refractivity contribution in [2.24, 2.45) is 0 Å². The number of nitrogens with one attached hydrogen (secondary N) is 2. The van der Waals surface area contributed by atoms with Gasteiger partial charge in [0.05, 0.1) is 12.5 Å². The molecule has 0 aliphatic heterocycles. The van der Waals surface area contributed by atoms with Crippen LogP contribution in [0.1, 0.15) is 51.5 Å². The number of benzene rings is 1. The smallest absolute Gasteiger partial charge is 0.250 e. The van der Waals surface area contributed by atoms with Crippen LogP contribution in [0.2, 0.25) is 0 Å². The minimum Gasteiger partial charge on any atom is -0.368 e. The first kappa shape index (κ1) is 18.5. The Kier molecular flexibility index (Phi) is 7.25. The molecule has 0 saturated heterocycles. The molecule has 1 fully saturated rings. The fourth-order valence-electron chi connectivity index (χ4n) is 2.89. The van der Waals surface area contributed by atoms with E-state index in [0.717, 1.165) is 24.1 Å². The highest BCUT2D eigenvalue weighted by Gasteiger charge is 2.15. The van der Waals surface area contributed by atoms with E-state index in [-0.39, 0.29) is 30.6 Å². The first-order valence-corrected chi connectivity index (χ1v) is 8.82. The summed E-state index contributed by atoms with van der Waals surface area (Å²) in [5.74, 6) is -0.131. The largest absolute Gasteiger partial charge is 0.368 e. The van der Waals surface area contributed by atoms with Crippen LogP contribution in [-0.2, 0) is 20.7 Å². The normalized spacial score (nSPS) is 15.3. The van der Waals surface area contributed by atoms with Crippen LogP contribution in [0.25, 0.3) is 0 Å². The highest BCUT2D eigenvalue weighted by Crippen LogP contribution is 2.20. The molecule has 2 N–H and O–H groups in total. The van der Waals surface area contributed by atoms with Crippen LogP contribution in [-0.4, -0.2) is 30.6 Å². The van der Waals surface area contributed by atoms with Gasteiger partial charge in [0.25, 0.3) is 0 Å². The SMILES string of the molecule is CC(C)NC(=O)Cc1ccc(NC(=O)COC2CCCCC2)cc1. The van der Waals surface area contributed by atoms with E-state index >= 15 is 0 Å². The Labute approximate surface area is 144 Å². The van der Waals surface area contributed by atoms with Crippen molar-refractivity contribution < 1.29 is 14.3 Å². The highest BCUT2D eigenvalue weighted by molar-refractivity contribution is 5.91. The molecule has 0 aromatic heterocycles. The molecule has 132 valence electrons. The lowest BCUT2D eigenvalue weighted by atomic mass is 9.98. The Bertz CT molecular complexity index is 534. The number of hydrogen-bond acceptors (Lipinski definition) is 3. The zero-order chi connectivity index (χ0) is 17.4. The lowest BCUT2D eigenvalue weighted by Crippen LogP contribution is -2.31. The number of ether oxygens (including phenoxy) is 1. The van der Waals surface area contributed by atoms with E-state index in [1.54, 1.807) is 0 Å². The Balaban J connectivity index is 1.74. The van der Waals surface area contributed by atoms with Gasteiger partial charge in [-0.1, -0.05) is 31.4 Å². The molecular weight excluding hydrogens is 304 g/mol. The molecule has 1 saturated carbocycles. The lowest BCUT2D eigenvalue weighted by Gasteiger charge is -2.21. The average molecular weight is 332 g/mol. The number of carbonyl (C=O) groups excluding carboxylic acids is 2. The third kappa shape index (κ3) is 6.71. The highest BCUT2D eigenvalue weighted by atomic mass is 16.5. The fraction of sp³-hybridized carbons (Fsp3) is 0.579. The van der Waals surface area contributed by atoms with Crippen LogP contribution in [0.5, 0.6) is 0 Å². The summed E-state index contributed by atoms with van der Waals surface area (Å²) in [4.78, 5) is 23.7. The molecule has 2 amide bonds. The third-order valence-corrected chi connectivity index (χ3v) is 4.05. The minimum absolute atomic E-state index is 0.00247. The van der Waals surface area contributed by atoms with Crippen molar-refractivity contribution in [3.8, 4) is 0 Å². The number of carbonyl (C=O) groups is 2. The van der Waals surface area contributed by atoms with E-state index in [2.05, 4.69) is 10.6 Å². The molecule has 0 spiro atoms. The van der Waals surface area contributed by atoms with Gasteiger partial charge < -0.3 is 15.4 Å². The maximum atomic E-state index is 11.9. The first-order valence-electron chi connectivity index (χ1n) is 8.82. The molecule has 1 aliphatic rings. The Morgan fingerprint density at radius 2 is 1.75 bits per heavy atom. The number of anilines is 1. The van der Waals surface area contributed by atoms with Crippen molar-refractivity contribution in [2.45, 2.75) is 64.5 Å². The van der Waals surface area contributed by atoms with Crippen LogP contribution in [0, 0.1) is 0 Å². The quantitative estimate of drug-likeness (QED) is 0.806. The van der Waals surface area contributed by atoms with Gasteiger partial charge in [-0.25, -0.2) is 0 Å². The topological polar surface area (TPSA) is 67.4 Å². The molecule has 1 aliphatic carbocycles.